The van der Waals surface area contributed by atoms with E-state index in [0.29, 0.717) is 12.2 Å². The molecule has 0 radical (unpaired) electrons. The van der Waals surface area contributed by atoms with E-state index in [0.717, 1.165) is 43.4 Å². The Morgan fingerprint density at radius 2 is 1.62 bits per heavy atom. The van der Waals surface area contributed by atoms with Gasteiger partial charge >= 0.3 is 6.03 Å². The molecule has 2 amide bonds. The third-order valence-electron chi connectivity index (χ3n) is 5.65. The minimum Gasteiger partial charge on any atom is -0.357 e. The zero-order valence-corrected chi connectivity index (χ0v) is 16.9. The largest absolute Gasteiger partial charge is 0.357 e. The van der Waals surface area contributed by atoms with Crippen LogP contribution in [0.2, 0.25) is 0 Å². The maximum Gasteiger partial charge on any atom is 0.319 e. The van der Waals surface area contributed by atoms with Crippen molar-refractivity contribution in [2.24, 2.45) is 0 Å². The van der Waals surface area contributed by atoms with Crippen molar-refractivity contribution in [1.82, 2.24) is 15.3 Å². The number of carbonyl (C=O) groups is 1. The van der Waals surface area contributed by atoms with Crippen molar-refractivity contribution in [2.45, 2.75) is 45.1 Å². The Kier molecular flexibility index (Phi) is 6.44. The molecule has 0 aliphatic carbocycles. The lowest BCUT2D eigenvalue weighted by Crippen LogP contribution is -2.33. The van der Waals surface area contributed by atoms with Crippen molar-refractivity contribution >= 4 is 23.4 Å². The van der Waals surface area contributed by atoms with E-state index in [4.69, 9.17) is 0 Å². The van der Waals surface area contributed by atoms with Gasteiger partial charge in [-0.15, -0.1) is 0 Å². The molecule has 2 aliphatic rings. The summed E-state index contributed by atoms with van der Waals surface area (Å²) >= 11 is 0. The summed E-state index contributed by atoms with van der Waals surface area (Å²) in [7, 11) is 0. The summed E-state index contributed by atoms with van der Waals surface area (Å²) in [6.07, 6.45) is 11.0. The lowest BCUT2D eigenvalue weighted by atomic mass is 10.1. The number of piperidine rings is 2. The number of nitrogens with zero attached hydrogens (tertiary/aromatic N) is 4. The normalized spacial score (nSPS) is 17.1. The smallest absolute Gasteiger partial charge is 0.319 e. The van der Waals surface area contributed by atoms with Gasteiger partial charge in [0.2, 0.25) is 0 Å². The summed E-state index contributed by atoms with van der Waals surface area (Å²) in [5.41, 5.74) is 1.74. The second kappa shape index (κ2) is 9.58. The van der Waals surface area contributed by atoms with Gasteiger partial charge in [-0.25, -0.2) is 14.8 Å². The minimum atomic E-state index is -0.231. The highest BCUT2D eigenvalue weighted by Crippen LogP contribution is 2.22. The third kappa shape index (κ3) is 5.16. The van der Waals surface area contributed by atoms with Gasteiger partial charge in [-0.2, -0.15) is 0 Å². The van der Waals surface area contributed by atoms with Crippen LogP contribution >= 0.6 is 0 Å². The molecule has 0 aromatic carbocycles. The van der Waals surface area contributed by atoms with Crippen molar-refractivity contribution in [1.29, 1.82) is 0 Å². The van der Waals surface area contributed by atoms with E-state index in [1.54, 1.807) is 6.20 Å². The Morgan fingerprint density at radius 3 is 2.31 bits per heavy atom. The Labute approximate surface area is 172 Å². The monoisotopic (exact) mass is 394 g/mol. The van der Waals surface area contributed by atoms with E-state index < -0.39 is 0 Å². The number of urea groups is 1. The number of hydrogen-bond donors (Lipinski definition) is 2. The number of anilines is 3. The first kappa shape index (κ1) is 19.5. The van der Waals surface area contributed by atoms with Gasteiger partial charge in [-0.05, 0) is 56.7 Å². The average molecular weight is 395 g/mol. The first-order chi connectivity index (χ1) is 14.3. The van der Waals surface area contributed by atoms with Crippen LogP contribution in [0.5, 0.6) is 0 Å². The van der Waals surface area contributed by atoms with Crippen molar-refractivity contribution in [3.8, 4) is 0 Å². The molecule has 0 bridgehead atoms. The zero-order valence-electron chi connectivity index (χ0n) is 16.9. The Morgan fingerprint density at radius 1 is 0.897 bits per heavy atom. The van der Waals surface area contributed by atoms with Crippen LogP contribution in [0.15, 0.2) is 36.7 Å². The van der Waals surface area contributed by atoms with Gasteiger partial charge in [0.1, 0.15) is 11.6 Å². The lowest BCUT2D eigenvalue weighted by molar-refractivity contribution is 0.251. The molecule has 7 heteroatoms. The van der Waals surface area contributed by atoms with Crippen LogP contribution in [0.3, 0.4) is 0 Å². The molecule has 2 saturated heterocycles. The predicted molar refractivity (Wildman–Crippen MR) is 116 cm³/mol. The average Bonchev–Trinajstić information content (AvgIpc) is 2.80. The third-order valence-corrected chi connectivity index (χ3v) is 5.65. The maximum atomic E-state index is 12.4. The molecule has 7 nitrogen and oxygen atoms in total. The van der Waals surface area contributed by atoms with E-state index in [2.05, 4.69) is 30.4 Å². The number of pyridine rings is 2. The Bertz CT molecular complexity index is 797. The van der Waals surface area contributed by atoms with Crippen LogP contribution in [-0.2, 0) is 6.54 Å². The van der Waals surface area contributed by atoms with Gasteiger partial charge < -0.3 is 20.4 Å². The summed E-state index contributed by atoms with van der Waals surface area (Å²) in [6.45, 7) is 4.64. The van der Waals surface area contributed by atoms with Gasteiger partial charge in [0, 0.05) is 44.5 Å². The molecule has 29 heavy (non-hydrogen) atoms. The molecule has 4 rings (SSSR count). The molecule has 154 valence electrons. The highest BCUT2D eigenvalue weighted by Gasteiger charge is 2.16. The Hall–Kier alpha value is -2.83. The number of amides is 2. The zero-order chi connectivity index (χ0) is 19.9. The van der Waals surface area contributed by atoms with Crippen molar-refractivity contribution in [3.05, 3.63) is 42.2 Å². The fourth-order valence-corrected chi connectivity index (χ4v) is 4.08. The predicted octanol–water partition coefficient (Wildman–Crippen LogP) is 3.78. The molecule has 0 unspecified atom stereocenters. The summed E-state index contributed by atoms with van der Waals surface area (Å²) in [5.74, 6) is 1.97. The number of rotatable bonds is 5. The number of carbonyl (C=O) groups excluding carboxylic acids is 1. The molecule has 0 atom stereocenters. The van der Waals surface area contributed by atoms with Crippen molar-refractivity contribution < 1.29 is 4.79 Å². The van der Waals surface area contributed by atoms with Crippen LogP contribution in [0.1, 0.15) is 44.1 Å². The van der Waals surface area contributed by atoms with Gasteiger partial charge in [0.05, 0.1) is 11.9 Å². The van der Waals surface area contributed by atoms with E-state index in [9.17, 15) is 4.79 Å². The van der Waals surface area contributed by atoms with Crippen molar-refractivity contribution in [2.75, 3.05) is 41.3 Å². The lowest BCUT2D eigenvalue weighted by Gasteiger charge is -2.29. The summed E-state index contributed by atoms with van der Waals surface area (Å²) in [6, 6.07) is 7.62. The minimum absolute atomic E-state index is 0.231. The van der Waals surface area contributed by atoms with Crippen LogP contribution in [0.25, 0.3) is 0 Å². The molecule has 4 heterocycles. The fourth-order valence-electron chi connectivity index (χ4n) is 4.08. The second-order valence-electron chi connectivity index (χ2n) is 7.79. The van der Waals surface area contributed by atoms with Crippen LogP contribution in [0.4, 0.5) is 22.1 Å². The summed E-state index contributed by atoms with van der Waals surface area (Å²) in [5, 5.41) is 5.83. The first-order valence-electron chi connectivity index (χ1n) is 10.7. The van der Waals surface area contributed by atoms with Gasteiger partial charge in [0.15, 0.2) is 0 Å². The molecular weight excluding hydrogens is 364 g/mol. The molecular formula is C22H30N6O. The number of nitrogens with one attached hydrogen (secondary N) is 2. The quantitative estimate of drug-likeness (QED) is 0.807. The molecule has 0 saturated carbocycles. The summed E-state index contributed by atoms with van der Waals surface area (Å²) in [4.78, 5) is 26.1. The molecule has 2 aliphatic heterocycles. The highest BCUT2D eigenvalue weighted by atomic mass is 16.2. The molecule has 2 aromatic heterocycles. The van der Waals surface area contributed by atoms with Crippen LogP contribution in [-0.4, -0.2) is 42.2 Å². The van der Waals surface area contributed by atoms with E-state index in [1.807, 2.05) is 30.5 Å². The standard InChI is InChI=1S/C22H30N6O/c29-22(26-19-9-10-20(24-17-19)27-12-3-1-4-13-27)25-16-18-8-7-11-23-21(18)28-14-5-2-6-15-28/h7-11,17H,1-6,12-16H2,(H2,25,26,29). The molecule has 2 fully saturated rings. The first-order valence-corrected chi connectivity index (χ1v) is 10.7. The van der Waals surface area contributed by atoms with Crippen molar-refractivity contribution in [3.63, 3.8) is 0 Å². The van der Waals surface area contributed by atoms with Crippen LogP contribution in [0, 0.1) is 0 Å². The van der Waals surface area contributed by atoms with Gasteiger partial charge in [-0.3, -0.25) is 0 Å². The SMILES string of the molecule is O=C(NCc1cccnc1N1CCCCC1)Nc1ccc(N2CCCCC2)nc1. The van der Waals surface area contributed by atoms with E-state index >= 15 is 0 Å². The number of aromatic nitrogens is 2. The van der Waals surface area contributed by atoms with Crippen LogP contribution < -0.4 is 20.4 Å². The molecule has 2 aromatic rings. The molecule has 0 spiro atoms. The maximum absolute atomic E-state index is 12.4. The van der Waals surface area contributed by atoms with E-state index in [1.165, 1.54) is 38.5 Å². The topological polar surface area (TPSA) is 73.4 Å². The highest BCUT2D eigenvalue weighted by molar-refractivity contribution is 5.89. The molecule has 2 N–H and O–H groups in total. The van der Waals surface area contributed by atoms with E-state index in [-0.39, 0.29) is 6.03 Å². The van der Waals surface area contributed by atoms with Gasteiger partial charge in [-0.1, -0.05) is 6.07 Å². The van der Waals surface area contributed by atoms with Gasteiger partial charge in [0.25, 0.3) is 0 Å². The second-order valence-corrected chi connectivity index (χ2v) is 7.79. The fraction of sp³-hybridized carbons (Fsp3) is 0.500. The number of hydrogen-bond acceptors (Lipinski definition) is 5. The summed E-state index contributed by atoms with van der Waals surface area (Å²) < 4.78 is 0. The Balaban J connectivity index is 1.31.